The van der Waals surface area contributed by atoms with Crippen molar-refractivity contribution in [1.82, 2.24) is 24.6 Å². The van der Waals surface area contributed by atoms with Gasteiger partial charge in [0.25, 0.3) is 5.91 Å². The maximum absolute atomic E-state index is 13.3. The van der Waals surface area contributed by atoms with Crippen LogP contribution >= 0.6 is 0 Å². The van der Waals surface area contributed by atoms with Gasteiger partial charge in [0, 0.05) is 31.8 Å². The molecule has 28 heavy (non-hydrogen) atoms. The highest BCUT2D eigenvalue weighted by Gasteiger charge is 2.23. The van der Waals surface area contributed by atoms with E-state index in [0.717, 1.165) is 23.5 Å². The topological polar surface area (TPSA) is 54.3 Å². The lowest BCUT2D eigenvalue weighted by Crippen LogP contribution is -2.37. The molecule has 0 aliphatic carbocycles. The minimum atomic E-state index is -0.0393. The van der Waals surface area contributed by atoms with E-state index < -0.39 is 0 Å². The number of amides is 1. The Labute approximate surface area is 166 Å². The first kappa shape index (κ1) is 19.8. The molecule has 1 amide bonds. The van der Waals surface area contributed by atoms with Crippen molar-refractivity contribution in [2.24, 2.45) is 7.05 Å². The third-order valence-corrected chi connectivity index (χ3v) is 4.86. The number of carbonyl (C=O) groups is 1. The summed E-state index contributed by atoms with van der Waals surface area (Å²) in [7, 11) is 7.76. The van der Waals surface area contributed by atoms with E-state index in [1.807, 2.05) is 82.5 Å². The molecule has 1 unspecified atom stereocenters. The van der Waals surface area contributed by atoms with Crippen LogP contribution in [0.25, 0.3) is 11.4 Å². The zero-order valence-electron chi connectivity index (χ0n) is 17.1. The summed E-state index contributed by atoms with van der Waals surface area (Å²) in [6.45, 7) is 2.65. The molecule has 0 aliphatic heterocycles. The molecule has 3 aromatic rings. The highest BCUT2D eigenvalue weighted by Crippen LogP contribution is 2.24. The smallest absolute Gasteiger partial charge is 0.254 e. The van der Waals surface area contributed by atoms with Crippen molar-refractivity contribution in [3.63, 3.8) is 0 Å². The Morgan fingerprint density at radius 1 is 1.07 bits per heavy atom. The Balaban J connectivity index is 1.90. The standard InChI is InChI=1S/C22H27N5O/c1-16-23-21(24-27(16)5)18-12-9-13-19(14-18)22(28)26(4)20(15-25(2)3)17-10-7-6-8-11-17/h6-14,20H,15H2,1-5H3. The van der Waals surface area contributed by atoms with Crippen LogP contribution in [-0.4, -0.2) is 58.2 Å². The number of rotatable bonds is 6. The third kappa shape index (κ3) is 4.28. The van der Waals surface area contributed by atoms with Crippen LogP contribution in [0.3, 0.4) is 0 Å². The first-order chi connectivity index (χ1) is 13.4. The van der Waals surface area contributed by atoms with Gasteiger partial charge in [-0.2, -0.15) is 5.10 Å². The van der Waals surface area contributed by atoms with Gasteiger partial charge in [-0.25, -0.2) is 4.98 Å². The van der Waals surface area contributed by atoms with Crippen molar-refractivity contribution in [3.05, 3.63) is 71.5 Å². The number of aromatic nitrogens is 3. The zero-order chi connectivity index (χ0) is 20.3. The second-order valence-corrected chi connectivity index (χ2v) is 7.29. The summed E-state index contributed by atoms with van der Waals surface area (Å²) in [5.74, 6) is 1.44. The van der Waals surface area contributed by atoms with Gasteiger partial charge in [-0.05, 0) is 38.7 Å². The fraction of sp³-hybridized carbons (Fsp3) is 0.318. The molecule has 0 bridgehead atoms. The summed E-state index contributed by atoms with van der Waals surface area (Å²) in [5.41, 5.74) is 2.59. The lowest BCUT2D eigenvalue weighted by Gasteiger charge is -2.31. The molecule has 0 N–H and O–H groups in total. The zero-order valence-corrected chi connectivity index (χ0v) is 17.1. The van der Waals surface area contributed by atoms with E-state index in [2.05, 4.69) is 27.1 Å². The molecule has 1 atom stereocenters. The van der Waals surface area contributed by atoms with E-state index in [-0.39, 0.29) is 11.9 Å². The summed E-state index contributed by atoms with van der Waals surface area (Å²) in [5, 5.41) is 4.42. The number of aryl methyl sites for hydroxylation is 2. The third-order valence-electron chi connectivity index (χ3n) is 4.86. The van der Waals surface area contributed by atoms with Crippen molar-refractivity contribution in [3.8, 4) is 11.4 Å². The van der Waals surface area contributed by atoms with E-state index in [4.69, 9.17) is 0 Å². The average Bonchev–Trinajstić information content (AvgIpc) is 3.04. The van der Waals surface area contributed by atoms with Gasteiger partial charge in [0.2, 0.25) is 0 Å². The van der Waals surface area contributed by atoms with E-state index in [1.165, 1.54) is 0 Å². The van der Waals surface area contributed by atoms with E-state index in [0.29, 0.717) is 11.4 Å². The molecule has 0 fully saturated rings. The van der Waals surface area contributed by atoms with Crippen LogP contribution < -0.4 is 0 Å². The Hall–Kier alpha value is -2.99. The number of nitrogens with zero attached hydrogens (tertiary/aromatic N) is 5. The van der Waals surface area contributed by atoms with E-state index in [9.17, 15) is 4.79 Å². The van der Waals surface area contributed by atoms with E-state index >= 15 is 0 Å². The van der Waals surface area contributed by atoms with Crippen LogP contribution in [0, 0.1) is 6.92 Å². The summed E-state index contributed by atoms with van der Waals surface area (Å²) in [6.07, 6.45) is 0. The Kier molecular flexibility index (Phi) is 5.90. The fourth-order valence-corrected chi connectivity index (χ4v) is 3.19. The first-order valence-electron chi connectivity index (χ1n) is 9.31. The predicted octanol–water partition coefficient (Wildman–Crippen LogP) is 3.17. The van der Waals surface area contributed by atoms with Crippen molar-refractivity contribution in [1.29, 1.82) is 0 Å². The summed E-state index contributed by atoms with van der Waals surface area (Å²) in [4.78, 5) is 21.6. The molecule has 1 aromatic heterocycles. The maximum atomic E-state index is 13.3. The number of likely N-dealkylation sites (N-methyl/N-ethyl adjacent to an activating group) is 2. The Morgan fingerprint density at radius 3 is 2.39 bits per heavy atom. The highest BCUT2D eigenvalue weighted by molar-refractivity contribution is 5.95. The number of hydrogen-bond acceptors (Lipinski definition) is 4. The molecule has 1 heterocycles. The normalized spacial score (nSPS) is 12.2. The monoisotopic (exact) mass is 377 g/mol. The maximum Gasteiger partial charge on any atom is 0.254 e. The Morgan fingerprint density at radius 2 is 1.79 bits per heavy atom. The lowest BCUT2D eigenvalue weighted by molar-refractivity contribution is 0.0705. The Bertz CT molecular complexity index is 929. The fourth-order valence-electron chi connectivity index (χ4n) is 3.19. The molecular formula is C22H27N5O. The molecule has 2 aromatic carbocycles. The van der Waals surface area contributed by atoms with Crippen molar-refractivity contribution in [2.75, 3.05) is 27.7 Å². The molecule has 6 heteroatoms. The molecule has 3 rings (SSSR count). The lowest BCUT2D eigenvalue weighted by atomic mass is 10.0. The van der Waals surface area contributed by atoms with Crippen LogP contribution in [0.5, 0.6) is 0 Å². The average molecular weight is 377 g/mol. The minimum Gasteiger partial charge on any atom is -0.333 e. The number of carbonyl (C=O) groups excluding carboxylic acids is 1. The number of hydrogen-bond donors (Lipinski definition) is 0. The van der Waals surface area contributed by atoms with Gasteiger partial charge >= 0.3 is 0 Å². The predicted molar refractivity (Wildman–Crippen MR) is 111 cm³/mol. The number of benzene rings is 2. The molecule has 0 radical (unpaired) electrons. The molecule has 6 nitrogen and oxygen atoms in total. The van der Waals surface area contributed by atoms with E-state index in [1.54, 1.807) is 4.68 Å². The summed E-state index contributed by atoms with van der Waals surface area (Å²) < 4.78 is 1.73. The van der Waals surface area contributed by atoms with Crippen molar-refractivity contribution < 1.29 is 4.79 Å². The van der Waals surface area contributed by atoms with Crippen LogP contribution in [0.4, 0.5) is 0 Å². The summed E-state index contributed by atoms with van der Waals surface area (Å²) in [6, 6.07) is 17.6. The largest absolute Gasteiger partial charge is 0.333 e. The van der Waals surface area contributed by atoms with Crippen LogP contribution in [0.2, 0.25) is 0 Å². The molecule has 0 spiro atoms. The van der Waals surface area contributed by atoms with Gasteiger partial charge in [-0.15, -0.1) is 0 Å². The molecule has 146 valence electrons. The van der Waals surface area contributed by atoms with Crippen molar-refractivity contribution in [2.45, 2.75) is 13.0 Å². The van der Waals surface area contributed by atoms with Crippen LogP contribution in [0.1, 0.15) is 27.8 Å². The minimum absolute atomic E-state index is 0.0230. The molecule has 0 aliphatic rings. The first-order valence-corrected chi connectivity index (χ1v) is 9.31. The second-order valence-electron chi connectivity index (χ2n) is 7.29. The van der Waals surface area contributed by atoms with Gasteiger partial charge in [0.05, 0.1) is 6.04 Å². The molecular weight excluding hydrogens is 350 g/mol. The van der Waals surface area contributed by atoms with Gasteiger partial charge in [0.15, 0.2) is 5.82 Å². The van der Waals surface area contributed by atoms with Crippen LogP contribution in [0.15, 0.2) is 54.6 Å². The molecule has 0 saturated carbocycles. The van der Waals surface area contributed by atoms with Gasteiger partial charge in [0.1, 0.15) is 5.82 Å². The second kappa shape index (κ2) is 8.35. The van der Waals surface area contributed by atoms with Gasteiger partial charge in [-0.3, -0.25) is 9.48 Å². The summed E-state index contributed by atoms with van der Waals surface area (Å²) >= 11 is 0. The molecule has 0 saturated heterocycles. The quantitative estimate of drug-likeness (QED) is 0.662. The highest BCUT2D eigenvalue weighted by atomic mass is 16.2. The van der Waals surface area contributed by atoms with Gasteiger partial charge < -0.3 is 9.80 Å². The van der Waals surface area contributed by atoms with Crippen molar-refractivity contribution >= 4 is 5.91 Å². The van der Waals surface area contributed by atoms with Gasteiger partial charge in [-0.1, -0.05) is 42.5 Å². The SMILES string of the molecule is Cc1nc(-c2cccc(C(=O)N(C)C(CN(C)C)c3ccccc3)c2)nn1C. The van der Waals surface area contributed by atoms with Crippen LogP contribution in [-0.2, 0) is 7.05 Å².